The van der Waals surface area contributed by atoms with E-state index in [1.54, 1.807) is 23.9 Å². The Balaban J connectivity index is 2.62. The Labute approximate surface area is 135 Å². The average Bonchev–Trinajstić information content (AvgIpc) is 2.49. The number of nitrogens with zero attached hydrogens (tertiary/aromatic N) is 2. The summed E-state index contributed by atoms with van der Waals surface area (Å²) in [5.74, 6) is 2.33. The molecule has 1 aromatic carbocycles. The fourth-order valence-corrected chi connectivity index (χ4v) is 1.95. The van der Waals surface area contributed by atoms with Crippen molar-refractivity contribution in [1.82, 2.24) is 10.6 Å². The molecule has 1 aromatic rings. The number of nitrogens with one attached hydrogen (secondary N) is 2. The highest BCUT2D eigenvalue weighted by atomic mass is 32.2. The maximum Gasteiger partial charge on any atom is 0.269 e. The third kappa shape index (κ3) is 7.31. The number of thioether (sulfide) groups is 1. The summed E-state index contributed by atoms with van der Waals surface area (Å²) in [6.07, 6.45) is 2.07. The first kappa shape index (κ1) is 18.3. The molecule has 22 heavy (non-hydrogen) atoms. The Morgan fingerprint density at radius 1 is 1.32 bits per heavy atom. The topological polar surface area (TPSA) is 79.6 Å². The van der Waals surface area contributed by atoms with Gasteiger partial charge in [0.25, 0.3) is 5.69 Å². The number of non-ortho nitro benzene ring substituents is 1. The van der Waals surface area contributed by atoms with Crippen molar-refractivity contribution in [1.29, 1.82) is 0 Å². The Morgan fingerprint density at radius 2 is 2.00 bits per heavy atom. The molecule has 7 heteroatoms. The van der Waals surface area contributed by atoms with Crippen LogP contribution in [0.15, 0.2) is 29.3 Å². The van der Waals surface area contributed by atoms with Crippen LogP contribution in [0.1, 0.15) is 19.4 Å². The summed E-state index contributed by atoms with van der Waals surface area (Å²) in [7, 11) is 0. The predicted molar refractivity (Wildman–Crippen MR) is 93.5 cm³/mol. The summed E-state index contributed by atoms with van der Waals surface area (Å²) in [6.45, 7) is 6.48. The van der Waals surface area contributed by atoms with Crippen LogP contribution in [-0.2, 0) is 6.54 Å². The van der Waals surface area contributed by atoms with E-state index < -0.39 is 4.92 Å². The highest BCUT2D eigenvalue weighted by Crippen LogP contribution is 2.12. The minimum Gasteiger partial charge on any atom is -0.356 e. The summed E-state index contributed by atoms with van der Waals surface area (Å²) in [5.41, 5.74) is 1.05. The van der Waals surface area contributed by atoms with Crippen molar-refractivity contribution in [3.8, 4) is 0 Å². The van der Waals surface area contributed by atoms with Crippen molar-refractivity contribution < 1.29 is 4.92 Å². The molecule has 0 saturated carbocycles. The summed E-state index contributed by atoms with van der Waals surface area (Å²) in [6, 6.07) is 6.49. The van der Waals surface area contributed by atoms with E-state index in [2.05, 4.69) is 35.7 Å². The summed E-state index contributed by atoms with van der Waals surface area (Å²) in [5, 5.41) is 17.2. The van der Waals surface area contributed by atoms with Gasteiger partial charge in [0.15, 0.2) is 5.96 Å². The van der Waals surface area contributed by atoms with Crippen LogP contribution in [0.25, 0.3) is 0 Å². The van der Waals surface area contributed by atoms with Crippen LogP contribution >= 0.6 is 11.8 Å². The van der Waals surface area contributed by atoms with Crippen LogP contribution in [-0.4, -0.2) is 36.0 Å². The van der Waals surface area contributed by atoms with Gasteiger partial charge in [0, 0.05) is 31.0 Å². The van der Waals surface area contributed by atoms with E-state index in [-0.39, 0.29) is 5.69 Å². The molecular weight excluding hydrogens is 300 g/mol. The van der Waals surface area contributed by atoms with Gasteiger partial charge in [-0.15, -0.1) is 0 Å². The van der Waals surface area contributed by atoms with Crippen molar-refractivity contribution >= 4 is 23.4 Å². The van der Waals surface area contributed by atoms with E-state index in [4.69, 9.17) is 0 Å². The van der Waals surface area contributed by atoms with Gasteiger partial charge in [-0.05, 0) is 17.7 Å². The number of benzene rings is 1. The molecular formula is C15H24N4O2S. The maximum atomic E-state index is 10.6. The molecule has 1 rings (SSSR count). The molecule has 0 heterocycles. The highest BCUT2D eigenvalue weighted by Gasteiger charge is 2.04. The van der Waals surface area contributed by atoms with Gasteiger partial charge in [0.1, 0.15) is 0 Å². The van der Waals surface area contributed by atoms with Crippen molar-refractivity contribution in [2.24, 2.45) is 10.9 Å². The van der Waals surface area contributed by atoms with Crippen LogP contribution in [0, 0.1) is 16.0 Å². The smallest absolute Gasteiger partial charge is 0.269 e. The molecule has 0 aliphatic rings. The second kappa shape index (κ2) is 10.0. The van der Waals surface area contributed by atoms with Crippen molar-refractivity contribution in [3.05, 3.63) is 39.9 Å². The lowest BCUT2D eigenvalue weighted by atomic mass is 10.2. The zero-order valence-electron chi connectivity index (χ0n) is 13.3. The van der Waals surface area contributed by atoms with E-state index in [9.17, 15) is 10.1 Å². The van der Waals surface area contributed by atoms with E-state index >= 15 is 0 Å². The Bertz CT molecular complexity index is 489. The molecule has 0 aromatic heterocycles. The fourth-order valence-electron chi connectivity index (χ4n) is 1.64. The fraction of sp³-hybridized carbons (Fsp3) is 0.533. The Morgan fingerprint density at radius 3 is 2.55 bits per heavy atom. The number of aliphatic imine (C=N–C) groups is 1. The molecule has 0 aliphatic heterocycles. The number of guanidine groups is 1. The quantitative estimate of drug-likeness (QED) is 0.253. The first-order valence-corrected chi connectivity index (χ1v) is 8.66. The van der Waals surface area contributed by atoms with Crippen molar-refractivity contribution in [2.75, 3.05) is 25.1 Å². The maximum absolute atomic E-state index is 10.6. The van der Waals surface area contributed by atoms with Crippen LogP contribution in [0.2, 0.25) is 0 Å². The average molecular weight is 324 g/mol. The lowest BCUT2D eigenvalue weighted by Crippen LogP contribution is -2.40. The lowest BCUT2D eigenvalue weighted by molar-refractivity contribution is -0.384. The van der Waals surface area contributed by atoms with E-state index in [1.807, 2.05) is 0 Å². The Kier molecular flexibility index (Phi) is 8.35. The second-order valence-corrected chi connectivity index (χ2v) is 6.27. The minimum absolute atomic E-state index is 0.101. The van der Waals surface area contributed by atoms with Gasteiger partial charge in [0.2, 0.25) is 0 Å². The van der Waals surface area contributed by atoms with Gasteiger partial charge in [-0.1, -0.05) is 26.0 Å². The first-order valence-electron chi connectivity index (χ1n) is 7.27. The van der Waals surface area contributed by atoms with Gasteiger partial charge in [-0.3, -0.25) is 10.1 Å². The SMILES string of the molecule is CSCCNC(=NCc1ccc([N+](=O)[O-])cc1)NCC(C)C. The first-order chi connectivity index (χ1) is 10.5. The molecule has 0 bridgehead atoms. The largest absolute Gasteiger partial charge is 0.356 e. The number of nitro groups is 1. The van der Waals surface area contributed by atoms with Gasteiger partial charge in [-0.2, -0.15) is 11.8 Å². The monoisotopic (exact) mass is 324 g/mol. The highest BCUT2D eigenvalue weighted by molar-refractivity contribution is 7.98. The molecule has 122 valence electrons. The molecule has 0 radical (unpaired) electrons. The molecule has 0 saturated heterocycles. The van der Waals surface area contributed by atoms with Gasteiger partial charge >= 0.3 is 0 Å². The molecule has 0 spiro atoms. The molecule has 0 aliphatic carbocycles. The molecule has 0 atom stereocenters. The second-order valence-electron chi connectivity index (χ2n) is 5.28. The third-order valence-corrected chi connectivity index (χ3v) is 3.46. The van der Waals surface area contributed by atoms with Crippen molar-refractivity contribution in [3.63, 3.8) is 0 Å². The van der Waals surface area contributed by atoms with E-state index in [0.717, 1.165) is 30.4 Å². The number of nitro benzene ring substituents is 1. The molecule has 0 amide bonds. The number of hydrogen-bond donors (Lipinski definition) is 2. The summed E-state index contributed by atoms with van der Waals surface area (Å²) in [4.78, 5) is 14.8. The summed E-state index contributed by atoms with van der Waals surface area (Å²) < 4.78 is 0. The molecule has 6 nitrogen and oxygen atoms in total. The molecule has 2 N–H and O–H groups in total. The number of hydrogen-bond acceptors (Lipinski definition) is 4. The normalized spacial score (nSPS) is 11.5. The summed E-state index contributed by atoms with van der Waals surface area (Å²) >= 11 is 1.78. The minimum atomic E-state index is -0.396. The standard InChI is InChI=1S/C15H24N4O2S/c1-12(2)10-17-15(16-8-9-22-3)18-11-13-4-6-14(7-5-13)19(20)21/h4-7,12H,8-11H2,1-3H3,(H2,16,17,18). The zero-order valence-corrected chi connectivity index (χ0v) is 14.2. The molecule has 0 fully saturated rings. The van der Waals surface area contributed by atoms with Crippen LogP contribution < -0.4 is 10.6 Å². The van der Waals surface area contributed by atoms with Crippen LogP contribution in [0.4, 0.5) is 5.69 Å². The van der Waals surface area contributed by atoms with Crippen LogP contribution in [0.5, 0.6) is 0 Å². The molecule has 0 unspecified atom stereocenters. The zero-order chi connectivity index (χ0) is 16.4. The van der Waals surface area contributed by atoms with Gasteiger partial charge in [-0.25, -0.2) is 4.99 Å². The predicted octanol–water partition coefficient (Wildman–Crippen LogP) is 2.65. The van der Waals surface area contributed by atoms with Gasteiger partial charge < -0.3 is 10.6 Å². The van der Waals surface area contributed by atoms with Crippen molar-refractivity contribution in [2.45, 2.75) is 20.4 Å². The Hall–Kier alpha value is -1.76. The van der Waals surface area contributed by atoms with Crippen LogP contribution in [0.3, 0.4) is 0 Å². The van der Waals surface area contributed by atoms with E-state index in [0.29, 0.717) is 12.5 Å². The van der Waals surface area contributed by atoms with Gasteiger partial charge in [0.05, 0.1) is 11.5 Å². The van der Waals surface area contributed by atoms with E-state index in [1.165, 1.54) is 12.1 Å². The number of rotatable bonds is 8. The lowest BCUT2D eigenvalue weighted by Gasteiger charge is -2.13. The third-order valence-electron chi connectivity index (χ3n) is 2.84.